The first-order valence-electron chi connectivity index (χ1n) is 8.44. The van der Waals surface area contributed by atoms with Crippen LogP contribution in [0, 0.1) is 26.6 Å². The van der Waals surface area contributed by atoms with Gasteiger partial charge in [-0.25, -0.2) is 4.39 Å². The number of amides is 1. The molecule has 1 unspecified atom stereocenters. The summed E-state index contributed by atoms with van der Waals surface area (Å²) in [6.07, 6.45) is -0.311. The molecule has 2 rings (SSSR count). The number of aryl methyl sites for hydroxylation is 3. The molecule has 0 saturated heterocycles. The van der Waals surface area contributed by atoms with Crippen molar-refractivity contribution in [2.24, 2.45) is 7.05 Å². The molecule has 0 aliphatic heterocycles. The van der Waals surface area contributed by atoms with E-state index in [4.69, 9.17) is 4.74 Å². The monoisotopic (exact) mass is 361 g/mol. The number of esters is 1. The van der Waals surface area contributed by atoms with Crippen molar-refractivity contribution in [1.82, 2.24) is 9.78 Å². The third kappa shape index (κ3) is 4.68. The predicted molar refractivity (Wildman–Crippen MR) is 96.3 cm³/mol. The molecule has 1 heterocycles. The first-order chi connectivity index (χ1) is 12.2. The van der Waals surface area contributed by atoms with Gasteiger partial charge in [-0.2, -0.15) is 5.10 Å². The second-order valence-electron chi connectivity index (χ2n) is 6.36. The molecule has 1 N–H and O–H groups in total. The number of anilines is 1. The number of halogens is 1. The molecule has 6 nitrogen and oxygen atoms in total. The van der Waals surface area contributed by atoms with Crippen LogP contribution in [0.5, 0.6) is 0 Å². The maximum Gasteiger partial charge on any atom is 0.306 e. The smallest absolute Gasteiger partial charge is 0.306 e. The number of hydrogen-bond donors (Lipinski definition) is 1. The highest BCUT2D eigenvalue weighted by Gasteiger charge is 2.19. The lowest BCUT2D eigenvalue weighted by Crippen LogP contribution is -2.30. The van der Waals surface area contributed by atoms with Gasteiger partial charge >= 0.3 is 5.97 Å². The van der Waals surface area contributed by atoms with Crippen LogP contribution in [-0.2, 0) is 27.8 Å². The number of aromatic nitrogens is 2. The fraction of sp³-hybridized carbons (Fsp3) is 0.421. The van der Waals surface area contributed by atoms with Gasteiger partial charge in [0.2, 0.25) is 0 Å². The van der Waals surface area contributed by atoms with Gasteiger partial charge in [0.25, 0.3) is 5.91 Å². The van der Waals surface area contributed by atoms with E-state index in [9.17, 15) is 14.0 Å². The zero-order chi connectivity index (χ0) is 19.4. The fourth-order valence-electron chi connectivity index (χ4n) is 2.63. The Balaban J connectivity index is 1.87. The van der Waals surface area contributed by atoms with E-state index in [1.54, 1.807) is 23.7 Å². The zero-order valence-electron chi connectivity index (χ0n) is 15.7. The van der Waals surface area contributed by atoms with Gasteiger partial charge in [-0.1, -0.05) is 6.07 Å². The van der Waals surface area contributed by atoms with E-state index in [-0.39, 0.29) is 6.42 Å². The van der Waals surface area contributed by atoms with Gasteiger partial charge in [-0.3, -0.25) is 14.3 Å². The van der Waals surface area contributed by atoms with Crippen LogP contribution in [0.15, 0.2) is 18.2 Å². The maximum absolute atomic E-state index is 13.5. The van der Waals surface area contributed by atoms with Crippen LogP contribution in [0.3, 0.4) is 0 Å². The van der Waals surface area contributed by atoms with Gasteiger partial charge in [0.15, 0.2) is 6.10 Å². The second-order valence-corrected chi connectivity index (χ2v) is 6.36. The summed E-state index contributed by atoms with van der Waals surface area (Å²) in [7, 11) is 1.85. The number of nitrogens with zero attached hydrogens (tertiary/aromatic N) is 2. The van der Waals surface area contributed by atoms with Crippen molar-refractivity contribution in [3.8, 4) is 0 Å². The van der Waals surface area contributed by atoms with Gasteiger partial charge in [-0.15, -0.1) is 0 Å². The Hall–Kier alpha value is -2.70. The molecule has 2 aromatic rings. The first-order valence-corrected chi connectivity index (χ1v) is 8.44. The largest absolute Gasteiger partial charge is 0.453 e. The standard InChI is InChI=1S/C19H24FN3O3/c1-11-6-7-15(10-17(11)20)21-19(25)14(4)26-18(24)9-8-16-12(2)22-23(5)13(16)3/h6-7,10,14H,8-9H2,1-5H3,(H,21,25). The van der Waals surface area contributed by atoms with Crippen molar-refractivity contribution in [3.63, 3.8) is 0 Å². The average molecular weight is 361 g/mol. The molecular formula is C19H24FN3O3. The molecular weight excluding hydrogens is 337 g/mol. The molecule has 26 heavy (non-hydrogen) atoms. The molecule has 0 aliphatic carbocycles. The second kappa shape index (κ2) is 8.12. The van der Waals surface area contributed by atoms with E-state index < -0.39 is 23.8 Å². The molecule has 1 atom stereocenters. The van der Waals surface area contributed by atoms with Crippen LogP contribution in [-0.4, -0.2) is 27.8 Å². The summed E-state index contributed by atoms with van der Waals surface area (Å²) in [4.78, 5) is 24.1. The van der Waals surface area contributed by atoms with Crippen LogP contribution in [0.2, 0.25) is 0 Å². The van der Waals surface area contributed by atoms with Crippen molar-refractivity contribution in [3.05, 3.63) is 46.5 Å². The zero-order valence-corrected chi connectivity index (χ0v) is 15.7. The Morgan fingerprint density at radius 3 is 2.58 bits per heavy atom. The van der Waals surface area contributed by atoms with Crippen LogP contribution < -0.4 is 5.32 Å². The number of nitrogens with one attached hydrogen (secondary N) is 1. The number of rotatable bonds is 6. The molecule has 0 radical (unpaired) electrons. The summed E-state index contributed by atoms with van der Waals surface area (Å²) in [6, 6.07) is 4.40. The molecule has 1 aromatic carbocycles. The van der Waals surface area contributed by atoms with Crippen molar-refractivity contribution in [2.45, 2.75) is 46.6 Å². The van der Waals surface area contributed by atoms with Crippen molar-refractivity contribution < 1.29 is 18.7 Å². The molecule has 0 aliphatic rings. The molecule has 0 fully saturated rings. The third-order valence-corrected chi connectivity index (χ3v) is 4.35. The molecule has 0 spiro atoms. The number of carbonyl (C=O) groups is 2. The SMILES string of the molecule is Cc1ccc(NC(=O)C(C)OC(=O)CCc2c(C)nn(C)c2C)cc1F. The topological polar surface area (TPSA) is 73.2 Å². The Bertz CT molecular complexity index is 830. The van der Waals surface area contributed by atoms with Crippen LogP contribution >= 0.6 is 0 Å². The number of benzene rings is 1. The minimum Gasteiger partial charge on any atom is -0.453 e. The van der Waals surface area contributed by atoms with E-state index in [2.05, 4.69) is 10.4 Å². The number of carbonyl (C=O) groups excluding carboxylic acids is 2. The highest BCUT2D eigenvalue weighted by atomic mass is 19.1. The summed E-state index contributed by atoms with van der Waals surface area (Å²) in [5, 5.41) is 6.85. The molecule has 1 amide bonds. The Kier molecular flexibility index (Phi) is 6.13. The Morgan fingerprint density at radius 1 is 1.31 bits per heavy atom. The summed E-state index contributed by atoms with van der Waals surface area (Å²) in [5.74, 6) is -1.38. The first kappa shape index (κ1) is 19.6. The van der Waals surface area contributed by atoms with E-state index in [1.165, 1.54) is 13.0 Å². The Labute approximate surface area is 152 Å². The molecule has 1 aromatic heterocycles. The van der Waals surface area contributed by atoms with Crippen LogP contribution in [0.25, 0.3) is 0 Å². The lowest BCUT2D eigenvalue weighted by Gasteiger charge is -2.14. The normalized spacial score (nSPS) is 11.9. The predicted octanol–water partition coefficient (Wildman–Crippen LogP) is 2.99. The summed E-state index contributed by atoms with van der Waals surface area (Å²) < 4.78 is 20.5. The lowest BCUT2D eigenvalue weighted by molar-refractivity contribution is -0.153. The van der Waals surface area contributed by atoms with Gasteiger partial charge < -0.3 is 10.1 Å². The van der Waals surface area contributed by atoms with Gasteiger partial charge in [0, 0.05) is 24.8 Å². The summed E-state index contributed by atoms with van der Waals surface area (Å²) in [5.41, 5.74) is 3.70. The minimum absolute atomic E-state index is 0.157. The summed E-state index contributed by atoms with van der Waals surface area (Å²) >= 11 is 0. The molecule has 0 saturated carbocycles. The molecule has 0 bridgehead atoms. The average Bonchev–Trinajstić information content (AvgIpc) is 2.81. The van der Waals surface area contributed by atoms with E-state index >= 15 is 0 Å². The highest BCUT2D eigenvalue weighted by molar-refractivity contribution is 5.95. The van der Waals surface area contributed by atoms with Crippen molar-refractivity contribution in [1.29, 1.82) is 0 Å². The highest BCUT2D eigenvalue weighted by Crippen LogP contribution is 2.16. The third-order valence-electron chi connectivity index (χ3n) is 4.35. The van der Waals surface area contributed by atoms with Crippen molar-refractivity contribution >= 4 is 17.6 Å². The van der Waals surface area contributed by atoms with E-state index in [1.807, 2.05) is 20.9 Å². The van der Waals surface area contributed by atoms with Gasteiger partial charge in [0.1, 0.15) is 5.82 Å². The Morgan fingerprint density at radius 2 is 2.00 bits per heavy atom. The number of hydrogen-bond acceptors (Lipinski definition) is 4. The quantitative estimate of drug-likeness (QED) is 0.803. The summed E-state index contributed by atoms with van der Waals surface area (Å²) in [6.45, 7) is 6.96. The maximum atomic E-state index is 13.5. The van der Waals surface area contributed by atoms with E-state index in [0.717, 1.165) is 17.0 Å². The van der Waals surface area contributed by atoms with Gasteiger partial charge in [0.05, 0.1) is 5.69 Å². The van der Waals surface area contributed by atoms with Crippen LogP contribution in [0.4, 0.5) is 10.1 Å². The fourth-order valence-corrected chi connectivity index (χ4v) is 2.63. The molecule has 140 valence electrons. The van der Waals surface area contributed by atoms with E-state index in [0.29, 0.717) is 17.7 Å². The molecule has 7 heteroatoms. The van der Waals surface area contributed by atoms with Crippen LogP contribution in [0.1, 0.15) is 35.9 Å². The van der Waals surface area contributed by atoms with Crippen molar-refractivity contribution in [2.75, 3.05) is 5.32 Å². The minimum atomic E-state index is -0.969. The van der Waals surface area contributed by atoms with Gasteiger partial charge in [-0.05, 0) is 57.4 Å². The lowest BCUT2D eigenvalue weighted by atomic mass is 10.1. The number of ether oxygens (including phenoxy) is 1.